The van der Waals surface area contributed by atoms with E-state index in [0.717, 1.165) is 11.3 Å². The Balaban J connectivity index is 2.51. The lowest BCUT2D eigenvalue weighted by atomic mass is 10.2. The third-order valence-electron chi connectivity index (χ3n) is 2.61. The second-order valence-electron chi connectivity index (χ2n) is 3.79. The Kier molecular flexibility index (Phi) is 5.64. The largest absolute Gasteiger partial charge is 0.480 e. The van der Waals surface area contributed by atoms with Crippen molar-refractivity contribution in [2.75, 3.05) is 13.1 Å². The van der Waals surface area contributed by atoms with Crippen LogP contribution in [0.15, 0.2) is 11.4 Å². The number of likely N-dealkylation sites (N-methyl/N-ethyl adjacent to an activating group) is 1. The fraction of sp³-hybridized carbons (Fsp3) is 0.500. The molecule has 1 heterocycles. The third kappa shape index (κ3) is 4.03. The molecule has 0 aliphatic rings. The number of aryl methyl sites for hydroxylation is 1. The molecule has 18 heavy (non-hydrogen) atoms. The summed E-state index contributed by atoms with van der Waals surface area (Å²) in [6.45, 7) is 4.38. The molecule has 1 rings (SSSR count). The van der Waals surface area contributed by atoms with E-state index in [-0.39, 0.29) is 12.6 Å². The first-order valence-electron chi connectivity index (χ1n) is 5.88. The summed E-state index contributed by atoms with van der Waals surface area (Å²) in [6.07, 6.45) is 0.932. The van der Waals surface area contributed by atoms with E-state index in [1.807, 2.05) is 11.4 Å². The number of carbonyl (C=O) groups is 2. The molecule has 0 atom stereocenters. The van der Waals surface area contributed by atoms with Gasteiger partial charge in [-0.15, -0.1) is 11.3 Å². The Morgan fingerprint density at radius 3 is 2.72 bits per heavy atom. The Morgan fingerprint density at radius 1 is 1.44 bits per heavy atom. The zero-order valence-electron chi connectivity index (χ0n) is 10.6. The summed E-state index contributed by atoms with van der Waals surface area (Å²) < 4.78 is 0. The molecule has 0 aliphatic heterocycles. The lowest BCUT2D eigenvalue weighted by molar-refractivity contribution is -0.137. The van der Waals surface area contributed by atoms with Gasteiger partial charge in [0.25, 0.3) is 0 Å². The number of urea groups is 1. The number of nitrogens with one attached hydrogen (secondary N) is 1. The maximum Gasteiger partial charge on any atom is 0.323 e. The third-order valence-corrected chi connectivity index (χ3v) is 3.58. The summed E-state index contributed by atoms with van der Waals surface area (Å²) in [6, 6.07) is 1.71. The van der Waals surface area contributed by atoms with Gasteiger partial charge in [-0.05, 0) is 30.4 Å². The summed E-state index contributed by atoms with van der Waals surface area (Å²) in [7, 11) is 0. The minimum atomic E-state index is -1.00. The van der Waals surface area contributed by atoms with Crippen LogP contribution in [0.25, 0.3) is 0 Å². The molecule has 0 saturated heterocycles. The summed E-state index contributed by atoms with van der Waals surface area (Å²) in [5, 5.41) is 13.4. The molecule has 2 amide bonds. The Morgan fingerprint density at radius 2 is 2.17 bits per heavy atom. The summed E-state index contributed by atoms with van der Waals surface area (Å²) in [5.41, 5.74) is 1.22. The highest BCUT2D eigenvalue weighted by molar-refractivity contribution is 7.10. The van der Waals surface area contributed by atoms with Gasteiger partial charge in [-0.25, -0.2) is 4.79 Å². The van der Waals surface area contributed by atoms with Crippen molar-refractivity contribution in [1.82, 2.24) is 10.2 Å². The Hall–Kier alpha value is -1.56. The number of carbonyl (C=O) groups excluding carboxylic acids is 1. The van der Waals surface area contributed by atoms with Gasteiger partial charge in [0.05, 0.1) is 6.54 Å². The van der Waals surface area contributed by atoms with Crippen molar-refractivity contribution < 1.29 is 14.7 Å². The summed E-state index contributed by atoms with van der Waals surface area (Å²) in [4.78, 5) is 24.7. The molecule has 1 aromatic heterocycles. The fourth-order valence-corrected chi connectivity index (χ4v) is 2.51. The molecule has 0 radical (unpaired) electrons. The zero-order valence-corrected chi connectivity index (χ0v) is 11.4. The lowest BCUT2D eigenvalue weighted by Crippen LogP contribution is -2.42. The number of amides is 2. The molecule has 0 unspecified atom stereocenters. The molecule has 0 bridgehead atoms. The summed E-state index contributed by atoms with van der Waals surface area (Å²) in [5.74, 6) is -1.00. The number of carboxylic acids is 1. The first-order valence-corrected chi connectivity index (χ1v) is 6.76. The molecule has 5 nitrogen and oxygen atoms in total. The molecule has 100 valence electrons. The van der Waals surface area contributed by atoms with Crippen LogP contribution in [0.5, 0.6) is 0 Å². The van der Waals surface area contributed by atoms with Crippen molar-refractivity contribution in [3.05, 3.63) is 21.9 Å². The predicted molar refractivity (Wildman–Crippen MR) is 70.8 cm³/mol. The van der Waals surface area contributed by atoms with Crippen molar-refractivity contribution in [2.45, 2.75) is 26.8 Å². The number of aliphatic carboxylic acids is 1. The average Bonchev–Trinajstić information content (AvgIpc) is 2.80. The predicted octanol–water partition coefficient (Wildman–Crippen LogP) is 1.93. The second kappa shape index (κ2) is 7.00. The van der Waals surface area contributed by atoms with E-state index in [4.69, 9.17) is 5.11 Å². The average molecular weight is 270 g/mol. The van der Waals surface area contributed by atoms with Gasteiger partial charge in [0, 0.05) is 11.4 Å². The van der Waals surface area contributed by atoms with Gasteiger partial charge in [0.1, 0.15) is 6.54 Å². The van der Waals surface area contributed by atoms with E-state index in [1.54, 1.807) is 18.3 Å². The van der Waals surface area contributed by atoms with Crippen LogP contribution in [0, 0.1) is 0 Å². The van der Waals surface area contributed by atoms with Crippen molar-refractivity contribution in [3.63, 3.8) is 0 Å². The molecule has 6 heteroatoms. The molecule has 0 aliphatic carbocycles. The molecule has 0 aromatic carbocycles. The Labute approximate surface area is 110 Å². The highest BCUT2D eigenvalue weighted by Gasteiger charge is 2.14. The van der Waals surface area contributed by atoms with E-state index in [2.05, 4.69) is 12.2 Å². The number of rotatable bonds is 6. The topological polar surface area (TPSA) is 69.6 Å². The molecule has 1 aromatic rings. The quantitative estimate of drug-likeness (QED) is 0.829. The van der Waals surface area contributed by atoms with Gasteiger partial charge >= 0.3 is 12.0 Å². The maximum atomic E-state index is 11.8. The van der Waals surface area contributed by atoms with Gasteiger partial charge < -0.3 is 15.3 Å². The van der Waals surface area contributed by atoms with Crippen LogP contribution in [0.4, 0.5) is 4.79 Å². The highest BCUT2D eigenvalue weighted by Crippen LogP contribution is 2.16. The Bertz CT molecular complexity index is 417. The van der Waals surface area contributed by atoms with E-state index in [1.165, 1.54) is 10.5 Å². The van der Waals surface area contributed by atoms with Gasteiger partial charge in [-0.1, -0.05) is 6.92 Å². The van der Waals surface area contributed by atoms with Crippen molar-refractivity contribution >= 4 is 23.3 Å². The number of carboxylic acid groups (broad SMARTS) is 1. The van der Waals surface area contributed by atoms with Crippen LogP contribution < -0.4 is 5.32 Å². The number of hydrogen-bond donors (Lipinski definition) is 2. The normalized spacial score (nSPS) is 10.1. The molecule has 0 spiro atoms. The van der Waals surface area contributed by atoms with Crippen LogP contribution >= 0.6 is 11.3 Å². The van der Waals surface area contributed by atoms with Crippen LogP contribution in [0.3, 0.4) is 0 Å². The van der Waals surface area contributed by atoms with E-state index in [0.29, 0.717) is 13.1 Å². The van der Waals surface area contributed by atoms with Crippen LogP contribution in [0.1, 0.15) is 24.3 Å². The SMILES string of the molecule is CCc1ccsc1CNC(=O)N(CC)CC(=O)O. The van der Waals surface area contributed by atoms with Gasteiger partial charge in [-0.3, -0.25) is 4.79 Å². The smallest absolute Gasteiger partial charge is 0.323 e. The maximum absolute atomic E-state index is 11.8. The van der Waals surface area contributed by atoms with Crippen LogP contribution in [-0.4, -0.2) is 35.1 Å². The zero-order chi connectivity index (χ0) is 13.5. The number of hydrogen-bond acceptors (Lipinski definition) is 3. The molecular formula is C12H18N2O3S. The standard InChI is InChI=1S/C12H18N2O3S/c1-3-9-5-6-18-10(9)7-13-12(17)14(4-2)8-11(15)16/h5-6H,3-4,7-8H2,1-2H3,(H,13,17)(H,15,16). The number of nitrogens with zero attached hydrogens (tertiary/aromatic N) is 1. The van der Waals surface area contributed by atoms with Gasteiger partial charge in [-0.2, -0.15) is 0 Å². The van der Waals surface area contributed by atoms with Gasteiger partial charge in [0.15, 0.2) is 0 Å². The van der Waals surface area contributed by atoms with Crippen molar-refractivity contribution in [1.29, 1.82) is 0 Å². The van der Waals surface area contributed by atoms with Crippen molar-refractivity contribution in [3.8, 4) is 0 Å². The monoisotopic (exact) mass is 270 g/mol. The lowest BCUT2D eigenvalue weighted by Gasteiger charge is -2.19. The fourth-order valence-electron chi connectivity index (χ4n) is 1.60. The van der Waals surface area contributed by atoms with E-state index in [9.17, 15) is 9.59 Å². The van der Waals surface area contributed by atoms with Crippen LogP contribution in [-0.2, 0) is 17.8 Å². The van der Waals surface area contributed by atoms with Crippen molar-refractivity contribution in [2.24, 2.45) is 0 Å². The molecule has 0 fully saturated rings. The minimum absolute atomic E-state index is 0.270. The van der Waals surface area contributed by atoms with E-state index >= 15 is 0 Å². The van der Waals surface area contributed by atoms with E-state index < -0.39 is 5.97 Å². The second-order valence-corrected chi connectivity index (χ2v) is 4.79. The van der Waals surface area contributed by atoms with Crippen LogP contribution in [0.2, 0.25) is 0 Å². The minimum Gasteiger partial charge on any atom is -0.480 e. The van der Waals surface area contributed by atoms with Gasteiger partial charge in [0.2, 0.25) is 0 Å². The molecular weight excluding hydrogens is 252 g/mol. The number of thiophene rings is 1. The molecule has 0 saturated carbocycles. The highest BCUT2D eigenvalue weighted by atomic mass is 32.1. The first-order chi connectivity index (χ1) is 8.58. The molecule has 2 N–H and O–H groups in total. The summed E-state index contributed by atoms with van der Waals surface area (Å²) >= 11 is 1.60. The first kappa shape index (κ1) is 14.5.